The van der Waals surface area contributed by atoms with Crippen LogP contribution in [0.5, 0.6) is 0 Å². The van der Waals surface area contributed by atoms with Gasteiger partial charge in [-0.1, -0.05) is 42.2 Å². The van der Waals surface area contributed by atoms with Crippen molar-refractivity contribution in [2.75, 3.05) is 66.1 Å². The maximum Gasteiger partial charge on any atom is 0.306 e. The van der Waals surface area contributed by atoms with E-state index in [0.29, 0.717) is 70.0 Å². The molecule has 0 radical (unpaired) electrons. The van der Waals surface area contributed by atoms with Crippen molar-refractivity contribution in [1.29, 1.82) is 0 Å². The molecule has 0 bridgehead atoms. The minimum atomic E-state index is -3.60. The maximum atomic E-state index is 13.8. The molecule has 2 amide bonds. The number of benzene rings is 2. The zero-order chi connectivity index (χ0) is 63.3. The molecule has 488 valence electrons. The molecule has 0 unspecified atom stereocenters. The number of aromatic nitrogens is 6. The highest BCUT2D eigenvalue weighted by Gasteiger charge is 2.36. The quantitative estimate of drug-likeness (QED) is 0.0637. The van der Waals surface area contributed by atoms with Crippen LogP contribution >= 0.6 is 47.2 Å². The third-order valence-electron chi connectivity index (χ3n) is 14.9. The van der Waals surface area contributed by atoms with Crippen LogP contribution in [0.4, 0.5) is 17.2 Å². The van der Waals surface area contributed by atoms with E-state index in [1.165, 1.54) is 24.3 Å². The fraction of sp³-hybridized carbons (Fsp3) is 0.541. The van der Waals surface area contributed by atoms with E-state index in [-0.39, 0.29) is 83.8 Å². The van der Waals surface area contributed by atoms with Gasteiger partial charge in [-0.2, -0.15) is 10.2 Å². The Morgan fingerprint density at radius 2 is 1.06 bits per heavy atom. The number of hydrogen-bond donors (Lipinski definition) is 3. The van der Waals surface area contributed by atoms with Crippen molar-refractivity contribution < 1.29 is 45.5 Å². The second-order valence-corrected chi connectivity index (χ2v) is 29.6. The molecule has 2 aromatic carbocycles. The zero-order valence-corrected chi connectivity index (χ0v) is 56.1. The molecular formula is C61H84Cl4N12O10S2. The second kappa shape index (κ2) is 29.9. The molecule has 2 atom stereocenters. The van der Waals surface area contributed by atoms with Crippen molar-refractivity contribution in [2.45, 2.75) is 150 Å². The van der Waals surface area contributed by atoms with E-state index in [2.05, 4.69) is 29.7 Å². The molecule has 4 aromatic heterocycles. The van der Waals surface area contributed by atoms with Gasteiger partial charge in [0.15, 0.2) is 11.3 Å². The fourth-order valence-electron chi connectivity index (χ4n) is 10.8. The molecule has 89 heavy (non-hydrogen) atoms. The number of amides is 2. The first-order chi connectivity index (χ1) is 40.8. The number of hydrogen-bond acceptors (Lipinski definition) is 16. The summed E-state index contributed by atoms with van der Waals surface area (Å²) in [6.45, 7) is 20.0. The van der Waals surface area contributed by atoms with Crippen LogP contribution in [0, 0.1) is 25.7 Å². The molecule has 8 heterocycles. The largest absolute Gasteiger partial charge is 0.460 e. The minimum absolute atomic E-state index is 0. The first-order valence-corrected chi connectivity index (χ1v) is 34.1. The molecule has 4 aliphatic rings. The number of fused-ring (bicyclic) bond motifs is 2. The molecule has 3 N–H and O–H groups in total. The molecule has 4 saturated heterocycles. The molecule has 22 nitrogen and oxygen atoms in total. The topological polar surface area (TPSA) is 261 Å². The van der Waals surface area contributed by atoms with Crippen LogP contribution in [-0.2, 0) is 39.1 Å². The van der Waals surface area contributed by atoms with Crippen molar-refractivity contribution >= 4 is 119 Å². The number of likely N-dealkylation sites (tertiary alicyclic amines) is 2. The van der Waals surface area contributed by atoms with Crippen LogP contribution in [0.15, 0.2) is 60.9 Å². The van der Waals surface area contributed by atoms with E-state index < -0.39 is 25.6 Å². The molecular weight excluding hydrogens is 1270 g/mol. The third-order valence-corrected chi connectivity index (χ3v) is 16.9. The molecule has 10 rings (SSSR count). The van der Waals surface area contributed by atoms with E-state index >= 15 is 0 Å². The van der Waals surface area contributed by atoms with Crippen molar-refractivity contribution in [3.63, 3.8) is 0 Å². The molecule has 6 aromatic rings. The van der Waals surface area contributed by atoms with Crippen LogP contribution in [-0.4, -0.2) is 143 Å². The number of aryl methyl sites for hydroxylation is 2. The number of esters is 2. The van der Waals surface area contributed by atoms with Gasteiger partial charge in [0.2, 0.25) is 20.0 Å². The summed E-state index contributed by atoms with van der Waals surface area (Å²) < 4.78 is 66.4. The highest BCUT2D eigenvalue weighted by molar-refractivity contribution is 7.92. The predicted octanol–water partition coefficient (Wildman–Crippen LogP) is 11.5. The van der Waals surface area contributed by atoms with Gasteiger partial charge in [-0.25, -0.2) is 35.8 Å². The summed E-state index contributed by atoms with van der Waals surface area (Å²) >= 11 is 18.5. The molecule has 0 aliphatic carbocycles. The van der Waals surface area contributed by atoms with Crippen molar-refractivity contribution in [2.24, 2.45) is 11.8 Å². The summed E-state index contributed by atoms with van der Waals surface area (Å²) in [5.74, 6) is 1.13. The lowest BCUT2D eigenvalue weighted by molar-refractivity contribution is -0.156. The number of ether oxygens (including phenoxy) is 2. The Balaban J connectivity index is 0.000000239. The maximum absolute atomic E-state index is 13.8. The summed E-state index contributed by atoms with van der Waals surface area (Å²) in [4.78, 5) is 65.7. The SMILES string of the molecule is C.CC(C)(C)OC(=O)CCC1CNC1.Cc1cn2nc([C@@H]3CCCCN3C(=O)c3cc(Cl)ccc3NS(C)(=O)=O)cc2nc1Cl.Cc1cn2nc([C@@H]3CCCCN3C(=O)c3cc(Cl)ccc3NS(C)(=O)=O)cc2nc1N1CC(CCC(=O)OC(C)(C)C)C1.Cl. The number of rotatable bonds is 15. The Morgan fingerprint density at radius 1 is 0.629 bits per heavy atom. The average Bonchev–Trinajstić information content (AvgIpc) is 2.93. The number of sulfonamides is 2. The normalized spacial score (nSPS) is 17.3. The second-order valence-electron chi connectivity index (χ2n) is 24.9. The van der Waals surface area contributed by atoms with Gasteiger partial charge in [0.25, 0.3) is 11.8 Å². The third kappa shape index (κ3) is 20.0. The smallest absolute Gasteiger partial charge is 0.306 e. The van der Waals surface area contributed by atoms with Crippen molar-refractivity contribution in [3.8, 4) is 0 Å². The molecule has 4 aliphatic heterocycles. The number of nitrogens with one attached hydrogen (secondary N) is 3. The van der Waals surface area contributed by atoms with Gasteiger partial charge >= 0.3 is 11.9 Å². The summed E-state index contributed by atoms with van der Waals surface area (Å²) in [5, 5.41) is 13.7. The lowest BCUT2D eigenvalue weighted by atomic mass is 9.94. The van der Waals surface area contributed by atoms with Crippen LogP contribution in [0.1, 0.15) is 168 Å². The monoisotopic (exact) mass is 1350 g/mol. The van der Waals surface area contributed by atoms with Gasteiger partial charge in [0.1, 0.15) is 22.2 Å². The van der Waals surface area contributed by atoms with Crippen molar-refractivity contribution in [3.05, 3.63) is 110 Å². The van der Waals surface area contributed by atoms with Gasteiger partial charge in [-0.15, -0.1) is 12.4 Å². The highest BCUT2D eigenvalue weighted by atomic mass is 35.5. The van der Waals surface area contributed by atoms with Gasteiger partial charge in [-0.05, 0) is 168 Å². The molecule has 28 heteroatoms. The fourth-order valence-corrected chi connectivity index (χ4v) is 12.5. The van der Waals surface area contributed by atoms with Crippen LogP contribution < -0.4 is 19.7 Å². The number of carbonyl (C=O) groups is 4. The van der Waals surface area contributed by atoms with Gasteiger partial charge in [0.05, 0.1) is 58.5 Å². The number of carbonyl (C=O) groups excluding carboxylic acids is 4. The molecule has 0 saturated carbocycles. The Bertz CT molecular complexity index is 3710. The Kier molecular flexibility index (Phi) is 24.2. The molecule has 4 fully saturated rings. The summed E-state index contributed by atoms with van der Waals surface area (Å²) in [6.07, 6.45) is 13.6. The van der Waals surface area contributed by atoms with E-state index in [1.54, 1.807) is 37.2 Å². The van der Waals surface area contributed by atoms with E-state index in [4.69, 9.17) is 54.4 Å². The Labute approximate surface area is 544 Å². The van der Waals surface area contributed by atoms with Crippen LogP contribution in [0.3, 0.4) is 0 Å². The van der Waals surface area contributed by atoms with E-state index in [1.807, 2.05) is 73.7 Å². The van der Waals surface area contributed by atoms with Crippen LogP contribution in [0.25, 0.3) is 11.3 Å². The lowest BCUT2D eigenvalue weighted by Crippen LogP contribution is -2.47. The van der Waals surface area contributed by atoms with E-state index in [0.717, 1.165) is 113 Å². The predicted molar refractivity (Wildman–Crippen MR) is 352 cm³/mol. The van der Waals surface area contributed by atoms with Crippen molar-refractivity contribution in [1.82, 2.24) is 44.3 Å². The summed E-state index contributed by atoms with van der Waals surface area (Å²) in [6, 6.07) is 12.3. The first kappa shape index (κ1) is 72.0. The number of piperidine rings is 2. The van der Waals surface area contributed by atoms with Gasteiger partial charge in [-0.3, -0.25) is 28.6 Å². The minimum Gasteiger partial charge on any atom is -0.460 e. The number of halogens is 4. The lowest BCUT2D eigenvalue weighted by Gasteiger charge is -2.41. The summed E-state index contributed by atoms with van der Waals surface area (Å²) in [5.41, 5.74) is 4.49. The number of nitrogens with zero attached hydrogens (tertiary/aromatic N) is 9. The zero-order valence-electron chi connectivity index (χ0n) is 51.4. The van der Waals surface area contributed by atoms with E-state index in [9.17, 15) is 36.0 Å². The highest BCUT2D eigenvalue weighted by Crippen LogP contribution is 2.37. The average molecular weight is 1350 g/mol. The molecule has 0 spiro atoms. The van der Waals surface area contributed by atoms with Crippen LogP contribution in [0.2, 0.25) is 15.2 Å². The van der Waals surface area contributed by atoms with Gasteiger partial charge in [0, 0.05) is 84.7 Å². The van der Waals surface area contributed by atoms with Gasteiger partial charge < -0.3 is 29.5 Å². The first-order valence-electron chi connectivity index (χ1n) is 29.2. The standard InChI is InChI=1S/C30H39ClN6O5S.C20H21Cl2N5O3S.C10H19NO2.CH4.ClH/c1-19-16-37-26(32-28(19)35-17-20(18-35)9-12-27(38)42-30(2,3)4)15-24(33-37)25-8-6-7-13-36(25)29(39)22-14-21(31)10-11-23(22)34-43(5,40)41;1-12-11-27-18(23-19(12)22)10-16(24-27)17-5-3-4-8-26(17)20(28)14-9-13(21)6-7-15(14)25-31(2,29)30;1-10(2,3)13-9(12)5-4-8-6-11-7-8;;/h10-11,14-16,20,25,34H,6-9,12-13,17-18H2,1-5H3;6-7,9-11,17,25H,3-5,8H2,1-2H3;8,11H,4-7H2,1-3H3;1H4;1H/t25-;17-;;;/m00.../s1. The Morgan fingerprint density at radius 3 is 1.47 bits per heavy atom. The summed E-state index contributed by atoms with van der Waals surface area (Å²) in [7, 11) is -7.17. The number of anilines is 3. The Hall–Kier alpha value is -6.02.